The molecule has 0 aromatic heterocycles. The Morgan fingerprint density at radius 1 is 1.31 bits per heavy atom. The highest BCUT2D eigenvalue weighted by molar-refractivity contribution is 6.30. The number of benzene rings is 1. The summed E-state index contributed by atoms with van der Waals surface area (Å²) in [5, 5.41) is 3.50. The lowest BCUT2D eigenvalue weighted by Gasteiger charge is -2.10. The van der Waals surface area contributed by atoms with Crippen LogP contribution in [0.4, 0.5) is 8.78 Å². The van der Waals surface area contributed by atoms with Crippen LogP contribution in [0.2, 0.25) is 5.02 Å². The Hall–Kier alpha value is -0.670. The maximum Gasteiger partial charge on any atom is 0.261 e. The van der Waals surface area contributed by atoms with E-state index in [-0.39, 0.29) is 26.4 Å². The van der Waals surface area contributed by atoms with Gasteiger partial charge in [0, 0.05) is 17.5 Å². The molecule has 0 spiro atoms. The van der Waals surface area contributed by atoms with Gasteiger partial charge in [-0.25, -0.2) is 8.78 Å². The van der Waals surface area contributed by atoms with Gasteiger partial charge in [-0.2, -0.15) is 0 Å². The van der Waals surface area contributed by atoms with Crippen molar-refractivity contribution in [1.29, 1.82) is 0 Å². The molecule has 1 saturated heterocycles. The van der Waals surface area contributed by atoms with Crippen molar-refractivity contribution in [3.63, 3.8) is 0 Å². The summed E-state index contributed by atoms with van der Waals surface area (Å²) >= 11 is 5.74. The number of halogens is 3. The van der Waals surface area contributed by atoms with E-state index in [2.05, 4.69) is 5.32 Å². The predicted octanol–water partition coefficient (Wildman–Crippen LogP) is 3.52. The second kappa shape index (κ2) is 5.11. The van der Waals surface area contributed by atoms with Crippen molar-refractivity contribution < 1.29 is 8.78 Å². The normalized spacial score (nSPS) is 22.8. The Morgan fingerprint density at radius 3 is 2.44 bits per heavy atom. The predicted molar refractivity (Wildman–Crippen MR) is 63.2 cm³/mol. The first-order chi connectivity index (χ1) is 7.05. The fourth-order valence-electron chi connectivity index (χ4n) is 1.85. The van der Waals surface area contributed by atoms with E-state index in [1.165, 1.54) is 0 Å². The zero-order chi connectivity index (χ0) is 10.9. The molecule has 90 valence electrons. The second-order valence-corrected chi connectivity index (χ2v) is 4.40. The van der Waals surface area contributed by atoms with Crippen molar-refractivity contribution in [2.24, 2.45) is 0 Å². The number of alkyl halides is 2. The maximum absolute atomic E-state index is 12.9. The van der Waals surface area contributed by atoms with Gasteiger partial charge in [0.2, 0.25) is 0 Å². The van der Waals surface area contributed by atoms with Gasteiger partial charge in [0.1, 0.15) is 0 Å². The van der Waals surface area contributed by atoms with Crippen LogP contribution >= 0.6 is 11.6 Å². The standard InChI is InChI=1S/C11H12ClF2N.CH4/c12-9-3-1-8(2-4-9)5-10-6-11(13,14)7-15-10;/h1-4,10,15H,5-7H2;1H4. The molecule has 0 aliphatic carbocycles. The molecule has 0 radical (unpaired) electrons. The molecule has 1 fully saturated rings. The average molecular weight is 248 g/mol. The highest BCUT2D eigenvalue weighted by Crippen LogP contribution is 2.26. The summed E-state index contributed by atoms with van der Waals surface area (Å²) in [4.78, 5) is 0. The van der Waals surface area contributed by atoms with Gasteiger partial charge in [-0.3, -0.25) is 0 Å². The number of nitrogens with one attached hydrogen (secondary N) is 1. The van der Waals surface area contributed by atoms with Crippen LogP contribution < -0.4 is 5.32 Å². The van der Waals surface area contributed by atoms with Crippen LogP contribution in [0.25, 0.3) is 0 Å². The summed E-state index contributed by atoms with van der Waals surface area (Å²) in [6.45, 7) is -0.203. The lowest BCUT2D eigenvalue weighted by Crippen LogP contribution is -2.24. The first-order valence-electron chi connectivity index (χ1n) is 4.91. The Kier molecular flexibility index (Phi) is 4.28. The number of hydrogen-bond donors (Lipinski definition) is 1. The third-order valence-corrected chi connectivity index (χ3v) is 2.84. The highest BCUT2D eigenvalue weighted by Gasteiger charge is 2.38. The fraction of sp³-hybridized carbons (Fsp3) is 0.500. The molecule has 1 nitrogen and oxygen atoms in total. The molecule has 1 unspecified atom stereocenters. The van der Waals surface area contributed by atoms with Crippen LogP contribution in [0.1, 0.15) is 19.4 Å². The molecule has 1 aromatic rings. The van der Waals surface area contributed by atoms with E-state index in [0.717, 1.165) is 5.56 Å². The minimum Gasteiger partial charge on any atom is -0.308 e. The molecule has 2 rings (SSSR count). The van der Waals surface area contributed by atoms with Gasteiger partial charge < -0.3 is 5.32 Å². The van der Waals surface area contributed by atoms with Crippen LogP contribution in [-0.2, 0) is 6.42 Å². The van der Waals surface area contributed by atoms with Crippen molar-refractivity contribution in [2.75, 3.05) is 6.54 Å². The zero-order valence-electron chi connectivity index (χ0n) is 8.14. The lowest BCUT2D eigenvalue weighted by atomic mass is 10.0. The molecule has 0 saturated carbocycles. The van der Waals surface area contributed by atoms with Gasteiger partial charge in [0.25, 0.3) is 5.92 Å². The third kappa shape index (κ3) is 3.42. The molecule has 0 amide bonds. The van der Waals surface area contributed by atoms with Gasteiger partial charge in [-0.15, -0.1) is 0 Å². The summed E-state index contributed by atoms with van der Waals surface area (Å²) in [7, 11) is 0. The Morgan fingerprint density at radius 2 is 1.94 bits per heavy atom. The summed E-state index contributed by atoms with van der Waals surface area (Å²) in [6.07, 6.45) is 0.558. The molecular formula is C12H16ClF2N. The highest BCUT2D eigenvalue weighted by atomic mass is 35.5. The van der Waals surface area contributed by atoms with Crippen molar-refractivity contribution >= 4 is 11.6 Å². The quantitative estimate of drug-likeness (QED) is 0.843. The molecular weight excluding hydrogens is 232 g/mol. The Bertz CT molecular complexity index is 337. The van der Waals surface area contributed by atoms with Gasteiger partial charge in [0.05, 0.1) is 6.54 Å². The van der Waals surface area contributed by atoms with E-state index in [4.69, 9.17) is 11.6 Å². The topological polar surface area (TPSA) is 12.0 Å². The number of hydrogen-bond acceptors (Lipinski definition) is 1. The van der Waals surface area contributed by atoms with Crippen LogP contribution in [-0.4, -0.2) is 18.5 Å². The van der Waals surface area contributed by atoms with E-state index < -0.39 is 5.92 Å². The van der Waals surface area contributed by atoms with Crippen LogP contribution in [0.5, 0.6) is 0 Å². The summed E-state index contributed by atoms with van der Waals surface area (Å²) in [6, 6.07) is 7.19. The first kappa shape index (κ1) is 13.4. The van der Waals surface area contributed by atoms with Crippen molar-refractivity contribution in [3.8, 4) is 0 Å². The van der Waals surface area contributed by atoms with E-state index >= 15 is 0 Å². The van der Waals surface area contributed by atoms with E-state index in [1.807, 2.05) is 12.1 Å². The molecule has 1 aromatic carbocycles. The van der Waals surface area contributed by atoms with Gasteiger partial charge in [-0.1, -0.05) is 31.2 Å². The molecule has 1 aliphatic rings. The Labute approximate surface area is 99.8 Å². The third-order valence-electron chi connectivity index (χ3n) is 2.59. The van der Waals surface area contributed by atoms with Gasteiger partial charge in [-0.05, 0) is 24.1 Å². The Balaban J connectivity index is 0.00000128. The monoisotopic (exact) mass is 247 g/mol. The van der Waals surface area contributed by atoms with E-state index in [9.17, 15) is 8.78 Å². The SMILES string of the molecule is C.FC1(F)CNC(Cc2ccc(Cl)cc2)C1. The molecule has 1 N–H and O–H groups in total. The van der Waals surface area contributed by atoms with Gasteiger partial charge >= 0.3 is 0 Å². The minimum absolute atomic E-state index is 0. The molecule has 16 heavy (non-hydrogen) atoms. The summed E-state index contributed by atoms with van der Waals surface area (Å²) in [5.74, 6) is -2.54. The van der Waals surface area contributed by atoms with E-state index in [1.54, 1.807) is 12.1 Å². The number of rotatable bonds is 2. The fourth-order valence-corrected chi connectivity index (χ4v) is 1.97. The average Bonchev–Trinajstić information content (AvgIpc) is 2.50. The van der Waals surface area contributed by atoms with Crippen LogP contribution in [0.15, 0.2) is 24.3 Å². The maximum atomic E-state index is 12.9. The van der Waals surface area contributed by atoms with Crippen LogP contribution in [0.3, 0.4) is 0 Å². The van der Waals surface area contributed by atoms with Crippen LogP contribution in [0, 0.1) is 0 Å². The van der Waals surface area contributed by atoms with Crippen molar-refractivity contribution in [3.05, 3.63) is 34.9 Å². The minimum atomic E-state index is -2.54. The smallest absolute Gasteiger partial charge is 0.261 e. The van der Waals surface area contributed by atoms with Gasteiger partial charge in [0.15, 0.2) is 0 Å². The summed E-state index contributed by atoms with van der Waals surface area (Å²) < 4.78 is 25.8. The molecule has 1 heterocycles. The lowest BCUT2D eigenvalue weighted by molar-refractivity contribution is 0.0211. The molecule has 1 atom stereocenters. The van der Waals surface area contributed by atoms with Crippen molar-refractivity contribution in [2.45, 2.75) is 32.2 Å². The van der Waals surface area contributed by atoms with Crippen molar-refractivity contribution in [1.82, 2.24) is 5.32 Å². The summed E-state index contributed by atoms with van der Waals surface area (Å²) in [5.41, 5.74) is 1.04. The first-order valence-corrected chi connectivity index (χ1v) is 5.29. The largest absolute Gasteiger partial charge is 0.308 e. The molecule has 4 heteroatoms. The second-order valence-electron chi connectivity index (χ2n) is 3.97. The molecule has 0 bridgehead atoms. The van der Waals surface area contributed by atoms with E-state index in [0.29, 0.717) is 11.4 Å². The molecule has 1 aliphatic heterocycles. The zero-order valence-corrected chi connectivity index (χ0v) is 8.90.